The molecule has 2 N–H and O–H groups in total. The lowest BCUT2D eigenvalue weighted by Crippen LogP contribution is -2.28. The minimum atomic E-state index is -0.0349. The molecule has 1 aliphatic rings. The van der Waals surface area contributed by atoms with Crippen molar-refractivity contribution < 1.29 is 9.59 Å². The van der Waals surface area contributed by atoms with Gasteiger partial charge in [-0.05, 0) is 42.2 Å². The van der Waals surface area contributed by atoms with Crippen molar-refractivity contribution >= 4 is 17.5 Å². The molecule has 1 saturated carbocycles. The summed E-state index contributed by atoms with van der Waals surface area (Å²) in [6.45, 7) is 0.946. The molecule has 0 spiro atoms. The first-order valence-corrected chi connectivity index (χ1v) is 10.7. The number of nitrogens with one attached hydrogen (secondary N) is 2. The Hall–Kier alpha value is -3.55. The Morgan fingerprint density at radius 2 is 1.90 bits per heavy atom. The zero-order valence-corrected chi connectivity index (χ0v) is 17.3. The van der Waals surface area contributed by atoms with Gasteiger partial charge in [-0.2, -0.15) is 4.80 Å². The van der Waals surface area contributed by atoms with E-state index in [9.17, 15) is 9.59 Å². The van der Waals surface area contributed by atoms with Gasteiger partial charge >= 0.3 is 0 Å². The van der Waals surface area contributed by atoms with Gasteiger partial charge in [0.1, 0.15) is 0 Å². The number of hydrogen-bond acceptors (Lipinski definition) is 5. The molecule has 0 aliphatic heterocycles. The quantitative estimate of drug-likeness (QED) is 0.556. The summed E-state index contributed by atoms with van der Waals surface area (Å²) in [5, 5.41) is 18.4. The van der Waals surface area contributed by atoms with E-state index >= 15 is 0 Å². The minimum Gasteiger partial charge on any atom is -0.352 e. The smallest absolute Gasteiger partial charge is 0.227 e. The van der Waals surface area contributed by atoms with Crippen molar-refractivity contribution in [3.63, 3.8) is 0 Å². The Morgan fingerprint density at radius 1 is 1.06 bits per heavy atom. The highest BCUT2D eigenvalue weighted by Gasteiger charge is 2.25. The molecule has 1 fully saturated rings. The maximum absolute atomic E-state index is 12.2. The number of hydrogen-bond donors (Lipinski definition) is 2. The first kappa shape index (κ1) is 20.7. The molecule has 2 aromatic carbocycles. The lowest BCUT2D eigenvalue weighted by Gasteiger charge is -2.24. The summed E-state index contributed by atoms with van der Waals surface area (Å²) >= 11 is 0. The minimum absolute atomic E-state index is 0.0349. The van der Waals surface area contributed by atoms with Crippen LogP contribution in [0.5, 0.6) is 0 Å². The van der Waals surface area contributed by atoms with Crippen LogP contribution in [0.1, 0.15) is 37.7 Å². The number of aryl methyl sites for hydroxylation is 1. The number of carbonyl (C=O) groups is 2. The van der Waals surface area contributed by atoms with Gasteiger partial charge in [-0.25, -0.2) is 0 Å². The van der Waals surface area contributed by atoms with E-state index in [1.807, 2.05) is 54.6 Å². The average Bonchev–Trinajstić information content (AvgIpc) is 3.21. The van der Waals surface area contributed by atoms with E-state index < -0.39 is 0 Å². The Balaban J connectivity index is 1.19. The lowest BCUT2D eigenvalue weighted by molar-refractivity contribution is -0.122. The van der Waals surface area contributed by atoms with E-state index in [-0.39, 0.29) is 17.7 Å². The predicted molar refractivity (Wildman–Crippen MR) is 117 cm³/mol. The van der Waals surface area contributed by atoms with Crippen LogP contribution in [0, 0.1) is 5.92 Å². The fourth-order valence-corrected chi connectivity index (χ4v) is 3.38. The molecule has 3 aromatic rings. The summed E-state index contributed by atoms with van der Waals surface area (Å²) in [5.74, 6) is 0.776. The van der Waals surface area contributed by atoms with Gasteiger partial charge < -0.3 is 10.6 Å². The van der Waals surface area contributed by atoms with Crippen LogP contribution in [-0.4, -0.2) is 32.0 Å². The fraction of sp³-hybridized carbons (Fsp3) is 0.348. The predicted octanol–water partition coefficient (Wildman–Crippen LogP) is 3.18. The molecule has 0 atom stereocenters. The molecule has 8 heteroatoms. The SMILES string of the molecule is O=C(CCCn1nnc(-c2ccccc2)n1)NCc1cccc(NC(=O)C2CCC2)c1. The van der Waals surface area contributed by atoms with Crippen LogP contribution >= 0.6 is 0 Å². The summed E-state index contributed by atoms with van der Waals surface area (Å²) in [6.07, 6.45) is 4.07. The Kier molecular flexibility index (Phi) is 6.66. The maximum atomic E-state index is 12.2. The molecule has 8 nitrogen and oxygen atoms in total. The molecule has 31 heavy (non-hydrogen) atoms. The number of carbonyl (C=O) groups excluding carboxylic acids is 2. The van der Waals surface area contributed by atoms with Gasteiger partial charge in [-0.1, -0.05) is 48.9 Å². The summed E-state index contributed by atoms with van der Waals surface area (Å²) in [4.78, 5) is 25.8. The van der Waals surface area contributed by atoms with Crippen molar-refractivity contribution in [2.45, 2.75) is 45.2 Å². The highest BCUT2D eigenvalue weighted by atomic mass is 16.2. The number of rotatable bonds is 9. The Morgan fingerprint density at radius 3 is 2.68 bits per heavy atom. The fourth-order valence-electron chi connectivity index (χ4n) is 3.38. The normalized spacial score (nSPS) is 13.4. The Bertz CT molecular complexity index is 1030. The molecular formula is C23H26N6O2. The van der Waals surface area contributed by atoms with Crippen molar-refractivity contribution in [1.29, 1.82) is 0 Å². The van der Waals surface area contributed by atoms with E-state index in [1.165, 1.54) is 4.80 Å². The maximum Gasteiger partial charge on any atom is 0.227 e. The average molecular weight is 419 g/mol. The van der Waals surface area contributed by atoms with Gasteiger partial charge in [0, 0.05) is 30.1 Å². The second-order valence-corrected chi connectivity index (χ2v) is 7.77. The summed E-state index contributed by atoms with van der Waals surface area (Å²) in [7, 11) is 0. The van der Waals surface area contributed by atoms with E-state index in [1.54, 1.807) is 0 Å². The molecule has 1 aliphatic carbocycles. The van der Waals surface area contributed by atoms with E-state index in [2.05, 4.69) is 26.0 Å². The van der Waals surface area contributed by atoms with Gasteiger partial charge in [0.2, 0.25) is 17.6 Å². The van der Waals surface area contributed by atoms with Crippen LogP contribution in [0.3, 0.4) is 0 Å². The van der Waals surface area contributed by atoms with Gasteiger partial charge in [0.05, 0.1) is 6.54 Å². The second kappa shape index (κ2) is 9.97. The van der Waals surface area contributed by atoms with Gasteiger partial charge in [-0.3, -0.25) is 9.59 Å². The van der Waals surface area contributed by atoms with Crippen molar-refractivity contribution in [2.24, 2.45) is 5.92 Å². The summed E-state index contributed by atoms with van der Waals surface area (Å²) in [6, 6.07) is 17.3. The number of anilines is 1. The molecule has 2 amide bonds. The first-order valence-electron chi connectivity index (χ1n) is 10.7. The van der Waals surface area contributed by atoms with Crippen LogP contribution in [0.25, 0.3) is 11.4 Å². The van der Waals surface area contributed by atoms with E-state index in [0.29, 0.717) is 31.8 Å². The topological polar surface area (TPSA) is 102 Å². The molecule has 1 aromatic heterocycles. The molecule has 160 valence electrons. The molecular weight excluding hydrogens is 392 g/mol. The highest BCUT2D eigenvalue weighted by molar-refractivity contribution is 5.93. The third-order valence-electron chi connectivity index (χ3n) is 5.41. The number of tetrazole rings is 1. The van der Waals surface area contributed by atoms with Crippen LogP contribution in [0.4, 0.5) is 5.69 Å². The zero-order chi connectivity index (χ0) is 21.5. The van der Waals surface area contributed by atoms with Gasteiger partial charge in [-0.15, -0.1) is 10.2 Å². The monoisotopic (exact) mass is 418 g/mol. The van der Waals surface area contributed by atoms with Gasteiger partial charge in [0.25, 0.3) is 0 Å². The second-order valence-electron chi connectivity index (χ2n) is 7.77. The Labute approximate surface area is 181 Å². The zero-order valence-electron chi connectivity index (χ0n) is 17.3. The largest absolute Gasteiger partial charge is 0.352 e. The number of benzene rings is 2. The molecule has 0 unspecified atom stereocenters. The molecule has 0 bridgehead atoms. The molecule has 1 heterocycles. The van der Waals surface area contributed by atoms with Crippen molar-refractivity contribution in [2.75, 3.05) is 5.32 Å². The molecule has 0 saturated heterocycles. The lowest BCUT2D eigenvalue weighted by atomic mass is 9.85. The highest BCUT2D eigenvalue weighted by Crippen LogP contribution is 2.27. The standard InChI is InChI=1S/C23H26N6O2/c30-21(13-6-14-29-27-22(26-28-29)18-8-2-1-3-9-18)24-16-17-7-4-12-20(15-17)25-23(31)19-10-5-11-19/h1-4,7-9,12,15,19H,5-6,10-11,13-14,16H2,(H,24,30)(H,25,31). The van der Waals surface area contributed by atoms with E-state index in [4.69, 9.17) is 0 Å². The van der Waals surface area contributed by atoms with Crippen LogP contribution in [-0.2, 0) is 22.7 Å². The van der Waals surface area contributed by atoms with Crippen molar-refractivity contribution in [3.8, 4) is 11.4 Å². The van der Waals surface area contributed by atoms with Crippen LogP contribution in [0.2, 0.25) is 0 Å². The number of aromatic nitrogens is 4. The van der Waals surface area contributed by atoms with Crippen LogP contribution < -0.4 is 10.6 Å². The molecule has 4 rings (SSSR count). The number of amides is 2. The summed E-state index contributed by atoms with van der Waals surface area (Å²) in [5.41, 5.74) is 2.64. The number of nitrogens with zero attached hydrogens (tertiary/aromatic N) is 4. The van der Waals surface area contributed by atoms with Crippen LogP contribution in [0.15, 0.2) is 54.6 Å². The third-order valence-corrected chi connectivity index (χ3v) is 5.41. The van der Waals surface area contributed by atoms with E-state index in [0.717, 1.165) is 36.1 Å². The third kappa shape index (κ3) is 5.75. The van der Waals surface area contributed by atoms with Crippen molar-refractivity contribution in [3.05, 3.63) is 60.2 Å². The molecule has 0 radical (unpaired) electrons. The first-order chi connectivity index (χ1) is 15.2. The van der Waals surface area contributed by atoms with Crippen molar-refractivity contribution in [1.82, 2.24) is 25.5 Å². The summed E-state index contributed by atoms with van der Waals surface area (Å²) < 4.78 is 0. The van der Waals surface area contributed by atoms with Gasteiger partial charge in [0.15, 0.2) is 0 Å².